The van der Waals surface area contributed by atoms with Gasteiger partial charge in [-0.05, 0) is 54.8 Å². The number of nitriles is 1. The summed E-state index contributed by atoms with van der Waals surface area (Å²) < 4.78 is 11.5. The number of amides is 1. The Bertz CT molecular complexity index is 870. The van der Waals surface area contributed by atoms with Gasteiger partial charge < -0.3 is 14.8 Å². The lowest BCUT2D eigenvalue weighted by Gasteiger charge is -2.13. The number of benzene rings is 2. The molecule has 0 aliphatic heterocycles. The molecule has 0 bridgehead atoms. The van der Waals surface area contributed by atoms with Gasteiger partial charge in [-0.15, -0.1) is 0 Å². The minimum atomic E-state index is -0.384. The number of carbonyl (C=O) groups is 1. The molecular formula is C22H23ClN2O3. The molecule has 0 fully saturated rings. The van der Waals surface area contributed by atoms with Crippen LogP contribution in [0.1, 0.15) is 31.4 Å². The molecule has 1 N–H and O–H groups in total. The van der Waals surface area contributed by atoms with Gasteiger partial charge in [0.2, 0.25) is 0 Å². The standard InChI is InChI=1S/C22H23ClN2O3/c1-3-11-25-22(26)18(14-24)12-17-7-10-20(21(13-17)27-4-2)28-15-16-5-8-19(23)9-6-16/h5-10,12-13H,3-4,11,15H2,1-2H3,(H,25,26)/b18-12+. The summed E-state index contributed by atoms with van der Waals surface area (Å²) in [5.41, 5.74) is 1.71. The molecule has 1 amide bonds. The van der Waals surface area contributed by atoms with Gasteiger partial charge in [0.15, 0.2) is 11.5 Å². The van der Waals surface area contributed by atoms with Crippen LogP contribution >= 0.6 is 11.6 Å². The van der Waals surface area contributed by atoms with Gasteiger partial charge in [-0.2, -0.15) is 5.26 Å². The van der Waals surface area contributed by atoms with Gasteiger partial charge in [0.25, 0.3) is 5.91 Å². The molecule has 5 nitrogen and oxygen atoms in total. The summed E-state index contributed by atoms with van der Waals surface area (Å²) in [6.45, 7) is 5.19. The second-order valence-corrected chi connectivity index (χ2v) is 6.42. The molecule has 0 spiro atoms. The van der Waals surface area contributed by atoms with Crippen molar-refractivity contribution in [3.63, 3.8) is 0 Å². The maximum absolute atomic E-state index is 12.0. The van der Waals surface area contributed by atoms with Gasteiger partial charge in [-0.3, -0.25) is 4.79 Å². The van der Waals surface area contributed by atoms with E-state index in [0.717, 1.165) is 12.0 Å². The highest BCUT2D eigenvalue weighted by molar-refractivity contribution is 6.30. The lowest BCUT2D eigenvalue weighted by atomic mass is 10.1. The summed E-state index contributed by atoms with van der Waals surface area (Å²) in [5, 5.41) is 12.6. The summed E-state index contributed by atoms with van der Waals surface area (Å²) in [4.78, 5) is 12.0. The lowest BCUT2D eigenvalue weighted by Crippen LogP contribution is -2.25. The highest BCUT2D eigenvalue weighted by atomic mass is 35.5. The Morgan fingerprint density at radius 3 is 2.54 bits per heavy atom. The van der Waals surface area contributed by atoms with Gasteiger partial charge in [0.1, 0.15) is 18.2 Å². The Hall–Kier alpha value is -2.97. The minimum Gasteiger partial charge on any atom is -0.490 e. The third kappa shape index (κ3) is 6.33. The number of halogens is 1. The first-order chi connectivity index (χ1) is 13.6. The Morgan fingerprint density at radius 2 is 1.89 bits per heavy atom. The average Bonchev–Trinajstić information content (AvgIpc) is 2.71. The Morgan fingerprint density at radius 1 is 1.14 bits per heavy atom. The molecule has 0 unspecified atom stereocenters. The summed E-state index contributed by atoms with van der Waals surface area (Å²) in [6.07, 6.45) is 2.34. The predicted molar refractivity (Wildman–Crippen MR) is 110 cm³/mol. The van der Waals surface area contributed by atoms with Crippen LogP contribution in [0.4, 0.5) is 0 Å². The zero-order valence-corrected chi connectivity index (χ0v) is 16.8. The zero-order chi connectivity index (χ0) is 20.4. The Labute approximate surface area is 170 Å². The average molecular weight is 399 g/mol. The molecule has 0 heterocycles. The second kappa shape index (κ2) is 11.0. The van der Waals surface area contributed by atoms with Crippen LogP contribution in [0.25, 0.3) is 6.08 Å². The van der Waals surface area contributed by atoms with E-state index in [1.165, 1.54) is 6.08 Å². The molecule has 2 rings (SSSR count). The van der Waals surface area contributed by atoms with Gasteiger partial charge in [0, 0.05) is 11.6 Å². The smallest absolute Gasteiger partial charge is 0.261 e. The van der Waals surface area contributed by atoms with Crippen molar-refractivity contribution in [2.45, 2.75) is 26.9 Å². The van der Waals surface area contributed by atoms with Crippen LogP contribution in [0.15, 0.2) is 48.0 Å². The predicted octanol–water partition coefficient (Wildman–Crippen LogP) is 4.75. The van der Waals surface area contributed by atoms with Crippen LogP contribution in [-0.4, -0.2) is 19.1 Å². The first-order valence-corrected chi connectivity index (χ1v) is 9.49. The fourth-order valence-corrected chi connectivity index (χ4v) is 2.52. The quantitative estimate of drug-likeness (QED) is 0.488. The van der Waals surface area contributed by atoms with Crippen molar-refractivity contribution in [3.8, 4) is 17.6 Å². The number of nitrogens with one attached hydrogen (secondary N) is 1. The highest BCUT2D eigenvalue weighted by Gasteiger charge is 2.11. The Kier molecular flexibility index (Phi) is 8.38. The number of hydrogen-bond acceptors (Lipinski definition) is 4. The van der Waals surface area contributed by atoms with Crippen molar-refractivity contribution >= 4 is 23.6 Å². The largest absolute Gasteiger partial charge is 0.490 e. The van der Waals surface area contributed by atoms with E-state index in [9.17, 15) is 10.1 Å². The van der Waals surface area contributed by atoms with E-state index >= 15 is 0 Å². The molecule has 0 radical (unpaired) electrons. The van der Waals surface area contributed by atoms with Crippen molar-refractivity contribution in [2.75, 3.05) is 13.2 Å². The molecular weight excluding hydrogens is 376 g/mol. The lowest BCUT2D eigenvalue weighted by molar-refractivity contribution is -0.117. The molecule has 0 saturated heterocycles. The summed E-state index contributed by atoms with van der Waals surface area (Å²) in [5.74, 6) is 0.754. The van der Waals surface area contributed by atoms with Crippen LogP contribution in [0.2, 0.25) is 5.02 Å². The fraction of sp³-hybridized carbons (Fsp3) is 0.273. The van der Waals surface area contributed by atoms with Crippen LogP contribution in [0.3, 0.4) is 0 Å². The molecule has 0 aromatic heterocycles. The molecule has 0 aliphatic carbocycles. The number of carbonyl (C=O) groups excluding carboxylic acids is 1. The van der Waals surface area contributed by atoms with Gasteiger partial charge in [0.05, 0.1) is 6.61 Å². The molecule has 0 atom stereocenters. The van der Waals surface area contributed by atoms with Crippen molar-refractivity contribution in [2.24, 2.45) is 0 Å². The van der Waals surface area contributed by atoms with Crippen LogP contribution in [0, 0.1) is 11.3 Å². The number of ether oxygens (including phenoxy) is 2. The third-order valence-electron chi connectivity index (χ3n) is 3.79. The maximum atomic E-state index is 12.0. The second-order valence-electron chi connectivity index (χ2n) is 5.98. The van der Waals surface area contributed by atoms with E-state index in [1.807, 2.05) is 44.2 Å². The molecule has 2 aromatic carbocycles. The van der Waals surface area contributed by atoms with Crippen LogP contribution in [-0.2, 0) is 11.4 Å². The summed E-state index contributed by atoms with van der Waals surface area (Å²) in [6, 6.07) is 14.7. The van der Waals surface area contributed by atoms with Crippen LogP contribution in [0.5, 0.6) is 11.5 Å². The molecule has 6 heteroatoms. The number of rotatable bonds is 9. The minimum absolute atomic E-state index is 0.0470. The first-order valence-electron chi connectivity index (χ1n) is 9.11. The van der Waals surface area contributed by atoms with E-state index < -0.39 is 0 Å². The molecule has 0 saturated carbocycles. The van der Waals surface area contributed by atoms with Crippen molar-refractivity contribution < 1.29 is 14.3 Å². The molecule has 2 aromatic rings. The van der Waals surface area contributed by atoms with E-state index in [2.05, 4.69) is 5.32 Å². The molecule has 0 aliphatic rings. The maximum Gasteiger partial charge on any atom is 0.261 e. The SMILES string of the molecule is CCCNC(=O)/C(C#N)=C/c1ccc(OCc2ccc(Cl)cc2)c(OCC)c1. The third-order valence-corrected chi connectivity index (χ3v) is 4.04. The van der Waals surface area contributed by atoms with Crippen molar-refractivity contribution in [1.82, 2.24) is 5.32 Å². The number of nitrogens with zero attached hydrogens (tertiary/aromatic N) is 1. The highest BCUT2D eigenvalue weighted by Crippen LogP contribution is 2.30. The van der Waals surface area contributed by atoms with E-state index in [0.29, 0.717) is 41.8 Å². The van der Waals surface area contributed by atoms with E-state index in [-0.39, 0.29) is 11.5 Å². The van der Waals surface area contributed by atoms with Gasteiger partial charge >= 0.3 is 0 Å². The molecule has 146 valence electrons. The fourth-order valence-electron chi connectivity index (χ4n) is 2.39. The summed E-state index contributed by atoms with van der Waals surface area (Å²) in [7, 11) is 0. The van der Waals surface area contributed by atoms with E-state index in [1.54, 1.807) is 18.2 Å². The van der Waals surface area contributed by atoms with Gasteiger partial charge in [-0.1, -0.05) is 36.7 Å². The van der Waals surface area contributed by atoms with Gasteiger partial charge in [-0.25, -0.2) is 0 Å². The van der Waals surface area contributed by atoms with Crippen LogP contribution < -0.4 is 14.8 Å². The zero-order valence-electron chi connectivity index (χ0n) is 16.0. The number of hydrogen-bond donors (Lipinski definition) is 1. The monoisotopic (exact) mass is 398 g/mol. The van der Waals surface area contributed by atoms with E-state index in [4.69, 9.17) is 21.1 Å². The topological polar surface area (TPSA) is 71.4 Å². The molecule has 28 heavy (non-hydrogen) atoms. The van der Waals surface area contributed by atoms with Crippen molar-refractivity contribution in [3.05, 3.63) is 64.2 Å². The normalized spacial score (nSPS) is 10.9. The Balaban J connectivity index is 2.18. The summed E-state index contributed by atoms with van der Waals surface area (Å²) >= 11 is 5.90. The van der Waals surface area contributed by atoms with Crippen molar-refractivity contribution in [1.29, 1.82) is 5.26 Å². The first kappa shape index (κ1) is 21.3.